The lowest BCUT2D eigenvalue weighted by Crippen LogP contribution is -2.40. The summed E-state index contributed by atoms with van der Waals surface area (Å²) in [5.41, 5.74) is 2.65. The average molecular weight is 253 g/mol. The fraction of sp³-hybridized carbons (Fsp3) is 0.294. The molecule has 1 unspecified atom stereocenters. The van der Waals surface area contributed by atoms with Crippen LogP contribution in [0.4, 0.5) is 0 Å². The van der Waals surface area contributed by atoms with Gasteiger partial charge in [-0.2, -0.15) is 0 Å². The maximum absolute atomic E-state index is 2.46. The highest BCUT2D eigenvalue weighted by Crippen LogP contribution is 2.33. The topological polar surface area (TPSA) is 4.93 Å². The van der Waals surface area contributed by atoms with Gasteiger partial charge in [0.15, 0.2) is 6.17 Å². The van der Waals surface area contributed by atoms with Crippen LogP contribution in [0.3, 0.4) is 0 Å². The molecule has 0 N–H and O–H groups in total. The highest BCUT2D eigenvalue weighted by molar-refractivity contribution is 6.08. The first-order valence-corrected chi connectivity index (χ1v) is 6.79. The van der Waals surface area contributed by atoms with E-state index < -0.39 is 0 Å². The van der Waals surface area contributed by atoms with Crippen LogP contribution >= 0.6 is 0 Å². The summed E-state index contributed by atoms with van der Waals surface area (Å²) in [6, 6.07) is 17.4. The van der Waals surface area contributed by atoms with Crippen LogP contribution in [0.5, 0.6) is 0 Å². The summed E-state index contributed by atoms with van der Waals surface area (Å²) in [5.74, 6) is 0. The van der Waals surface area contributed by atoms with E-state index >= 15 is 0 Å². The van der Waals surface area contributed by atoms with Crippen molar-refractivity contribution in [2.45, 2.75) is 13.1 Å². The molecule has 1 heterocycles. The second-order valence-electron chi connectivity index (χ2n) is 6.15. The molecule has 0 radical (unpaired) electrons. The van der Waals surface area contributed by atoms with Gasteiger partial charge in [0.25, 0.3) is 0 Å². The van der Waals surface area contributed by atoms with Gasteiger partial charge in [-0.3, -0.25) is 4.57 Å². The molecule has 2 heteroatoms. The molecule has 0 aliphatic carbocycles. The largest absolute Gasteiger partial charge is 0.311 e. The number of nitrogens with zero attached hydrogens (tertiary/aromatic N) is 2. The van der Waals surface area contributed by atoms with Crippen LogP contribution in [0, 0.1) is 0 Å². The number of rotatable bonds is 2. The number of hydrogen-bond donors (Lipinski definition) is 0. The monoisotopic (exact) mass is 253 g/mol. The zero-order valence-electron chi connectivity index (χ0n) is 12.1. The number of benzene rings is 2. The Morgan fingerprint density at radius 3 is 1.63 bits per heavy atom. The quantitative estimate of drug-likeness (QED) is 0.608. The predicted molar refractivity (Wildman–Crippen MR) is 82.2 cm³/mol. The van der Waals surface area contributed by atoms with E-state index in [0.29, 0.717) is 6.17 Å². The molecule has 0 amide bonds. The molecular formula is C17H21N2+. The maximum Gasteiger partial charge on any atom is 0.165 e. The van der Waals surface area contributed by atoms with E-state index in [1.807, 2.05) is 0 Å². The molecule has 0 fully saturated rings. The second kappa shape index (κ2) is 4.10. The van der Waals surface area contributed by atoms with Gasteiger partial charge in [0.2, 0.25) is 0 Å². The fourth-order valence-corrected chi connectivity index (χ4v) is 2.70. The summed E-state index contributed by atoms with van der Waals surface area (Å²) in [6.45, 7) is 2.29. The standard InChI is InChI=1S/C17H21N2/c1-13(19(2,3)4)18-16-11-7-5-9-14(16)15-10-6-8-12-17(15)18/h5-13H,1-4H3/q+1. The lowest BCUT2D eigenvalue weighted by Gasteiger charge is -2.33. The molecule has 1 atom stereocenters. The summed E-state index contributed by atoms with van der Waals surface area (Å²) in [4.78, 5) is 0. The first-order chi connectivity index (χ1) is 9.00. The molecular weight excluding hydrogens is 232 g/mol. The van der Waals surface area contributed by atoms with Crippen molar-refractivity contribution >= 4 is 21.8 Å². The van der Waals surface area contributed by atoms with Gasteiger partial charge in [0, 0.05) is 17.7 Å². The van der Waals surface area contributed by atoms with Crippen molar-refractivity contribution < 1.29 is 4.48 Å². The Balaban J connectivity index is 2.43. The van der Waals surface area contributed by atoms with Gasteiger partial charge < -0.3 is 4.48 Å². The van der Waals surface area contributed by atoms with Crippen molar-refractivity contribution in [3.05, 3.63) is 48.5 Å². The van der Waals surface area contributed by atoms with E-state index in [-0.39, 0.29) is 0 Å². The second-order valence-corrected chi connectivity index (χ2v) is 6.15. The molecule has 3 rings (SSSR count). The van der Waals surface area contributed by atoms with Crippen LogP contribution in [-0.4, -0.2) is 30.2 Å². The molecule has 3 aromatic rings. The van der Waals surface area contributed by atoms with Crippen LogP contribution in [0.25, 0.3) is 21.8 Å². The van der Waals surface area contributed by atoms with Gasteiger partial charge >= 0.3 is 0 Å². The normalized spacial score (nSPS) is 14.1. The average Bonchev–Trinajstić information content (AvgIpc) is 2.71. The van der Waals surface area contributed by atoms with E-state index in [1.54, 1.807) is 0 Å². The zero-order valence-corrected chi connectivity index (χ0v) is 12.1. The molecule has 2 aromatic carbocycles. The Bertz CT molecular complexity index is 678. The summed E-state index contributed by atoms with van der Waals surface area (Å²) in [6.07, 6.45) is 0.393. The van der Waals surface area contributed by atoms with Crippen LogP contribution in [0.1, 0.15) is 13.1 Å². The third kappa shape index (κ3) is 1.83. The van der Waals surface area contributed by atoms with Gasteiger partial charge in [-0.1, -0.05) is 36.4 Å². The number of fused-ring (bicyclic) bond motifs is 3. The summed E-state index contributed by atoms with van der Waals surface area (Å²) >= 11 is 0. The van der Waals surface area contributed by atoms with Gasteiger partial charge in [0.1, 0.15) is 0 Å². The molecule has 0 bridgehead atoms. The van der Waals surface area contributed by atoms with Crippen molar-refractivity contribution in [1.82, 2.24) is 4.57 Å². The van der Waals surface area contributed by atoms with Crippen LogP contribution in [0.15, 0.2) is 48.5 Å². The Morgan fingerprint density at radius 2 is 1.21 bits per heavy atom. The van der Waals surface area contributed by atoms with Crippen molar-refractivity contribution in [1.29, 1.82) is 0 Å². The van der Waals surface area contributed by atoms with Crippen molar-refractivity contribution in [2.75, 3.05) is 21.1 Å². The van der Waals surface area contributed by atoms with Gasteiger partial charge in [-0.05, 0) is 12.1 Å². The molecule has 0 aliphatic heterocycles. The summed E-state index contributed by atoms with van der Waals surface area (Å²) in [5, 5.41) is 2.69. The van der Waals surface area contributed by atoms with Crippen molar-refractivity contribution in [3.63, 3.8) is 0 Å². The molecule has 1 aromatic heterocycles. The summed E-state index contributed by atoms with van der Waals surface area (Å²) in [7, 11) is 6.73. The van der Waals surface area contributed by atoms with E-state index in [9.17, 15) is 0 Å². The van der Waals surface area contributed by atoms with E-state index in [4.69, 9.17) is 0 Å². The first kappa shape index (κ1) is 12.2. The highest BCUT2D eigenvalue weighted by atomic mass is 15.4. The molecule has 19 heavy (non-hydrogen) atoms. The van der Waals surface area contributed by atoms with Crippen molar-refractivity contribution in [3.8, 4) is 0 Å². The number of para-hydroxylation sites is 2. The van der Waals surface area contributed by atoms with Gasteiger partial charge in [-0.25, -0.2) is 0 Å². The van der Waals surface area contributed by atoms with Gasteiger partial charge in [0.05, 0.1) is 32.2 Å². The van der Waals surface area contributed by atoms with Crippen LogP contribution < -0.4 is 0 Å². The minimum Gasteiger partial charge on any atom is -0.311 e. The Kier molecular flexibility index (Phi) is 2.64. The molecule has 98 valence electrons. The zero-order chi connectivity index (χ0) is 13.6. The van der Waals surface area contributed by atoms with E-state index in [2.05, 4.69) is 81.2 Å². The highest BCUT2D eigenvalue weighted by Gasteiger charge is 2.23. The summed E-state index contributed by atoms with van der Waals surface area (Å²) < 4.78 is 3.37. The molecule has 0 saturated heterocycles. The minimum atomic E-state index is 0.393. The third-order valence-corrected chi connectivity index (χ3v) is 4.11. The smallest absolute Gasteiger partial charge is 0.165 e. The molecule has 0 spiro atoms. The first-order valence-electron chi connectivity index (χ1n) is 6.79. The van der Waals surface area contributed by atoms with E-state index in [1.165, 1.54) is 21.8 Å². The lowest BCUT2D eigenvalue weighted by atomic mass is 10.2. The molecule has 0 saturated carbocycles. The SMILES string of the molecule is CC(n1c2ccccc2c2ccccc21)[N+](C)(C)C. The fourth-order valence-electron chi connectivity index (χ4n) is 2.70. The molecule has 2 nitrogen and oxygen atoms in total. The number of hydrogen-bond acceptors (Lipinski definition) is 0. The Labute approximate surface area is 114 Å². The lowest BCUT2D eigenvalue weighted by molar-refractivity contribution is -0.909. The van der Waals surface area contributed by atoms with Crippen LogP contribution in [0.2, 0.25) is 0 Å². The van der Waals surface area contributed by atoms with Gasteiger partial charge in [-0.15, -0.1) is 0 Å². The van der Waals surface area contributed by atoms with Crippen LogP contribution in [-0.2, 0) is 0 Å². The molecule has 0 aliphatic rings. The van der Waals surface area contributed by atoms with Crippen molar-refractivity contribution in [2.24, 2.45) is 0 Å². The maximum atomic E-state index is 2.46. The number of aromatic nitrogens is 1. The Morgan fingerprint density at radius 1 is 0.789 bits per heavy atom. The number of quaternary nitrogens is 1. The Hall–Kier alpha value is -1.80. The third-order valence-electron chi connectivity index (χ3n) is 4.11. The van der Waals surface area contributed by atoms with E-state index in [0.717, 1.165) is 4.48 Å². The predicted octanol–water partition coefficient (Wildman–Crippen LogP) is 4.02. The minimum absolute atomic E-state index is 0.393.